The van der Waals surface area contributed by atoms with Crippen LogP contribution in [-0.4, -0.2) is 0 Å². The number of aryl methyl sites for hydroxylation is 2. The van der Waals surface area contributed by atoms with E-state index in [0.717, 1.165) is 6.42 Å². The summed E-state index contributed by atoms with van der Waals surface area (Å²) in [4.78, 5) is 0. The maximum atomic E-state index is 2.22. The van der Waals surface area contributed by atoms with Crippen LogP contribution in [0.25, 0.3) is 0 Å². The molecule has 1 rings (SSSR count). The zero-order valence-corrected chi connectivity index (χ0v) is 12.1. The molecule has 0 aliphatic heterocycles. The van der Waals surface area contributed by atoms with Crippen molar-refractivity contribution in [3.05, 3.63) is 35.4 Å². The van der Waals surface area contributed by atoms with Gasteiger partial charge in [-0.25, -0.2) is 0 Å². The van der Waals surface area contributed by atoms with Crippen LogP contribution in [0.15, 0.2) is 24.3 Å². The van der Waals surface area contributed by atoms with Crippen molar-refractivity contribution < 1.29 is 0 Å². The predicted molar refractivity (Wildman–Crippen MR) is 77.1 cm³/mol. The van der Waals surface area contributed by atoms with Crippen LogP contribution in [0.3, 0.4) is 0 Å². The van der Waals surface area contributed by atoms with Gasteiger partial charge >= 0.3 is 0 Å². The summed E-state index contributed by atoms with van der Waals surface area (Å²) in [6.07, 6.45) is 5.03. The van der Waals surface area contributed by atoms with Crippen LogP contribution in [0.1, 0.15) is 65.0 Å². The maximum absolute atomic E-state index is 2.22. The zero-order chi connectivity index (χ0) is 12.8. The van der Waals surface area contributed by atoms with Crippen LogP contribution in [0.5, 0.6) is 0 Å². The first-order valence-corrected chi connectivity index (χ1v) is 6.71. The van der Waals surface area contributed by atoms with Crippen molar-refractivity contribution in [3.8, 4) is 0 Å². The van der Waals surface area contributed by atoms with Crippen LogP contribution in [0.4, 0.5) is 0 Å². The molecular formula is C16H30. The smallest absolute Gasteiger partial charge is 0.0307 e. The van der Waals surface area contributed by atoms with Gasteiger partial charge in [0.15, 0.2) is 0 Å². The van der Waals surface area contributed by atoms with Crippen molar-refractivity contribution in [2.45, 2.75) is 67.2 Å². The van der Waals surface area contributed by atoms with E-state index in [2.05, 4.69) is 65.8 Å². The van der Waals surface area contributed by atoms with Crippen molar-refractivity contribution in [3.63, 3.8) is 0 Å². The molecule has 0 spiro atoms. The highest BCUT2D eigenvalue weighted by Crippen LogP contribution is 2.03. The molecule has 0 aliphatic carbocycles. The first-order chi connectivity index (χ1) is 7.65. The molecule has 0 aromatic heterocycles. The zero-order valence-electron chi connectivity index (χ0n) is 12.1. The van der Waals surface area contributed by atoms with E-state index in [1.165, 1.54) is 30.4 Å². The number of hydrogen-bond donors (Lipinski definition) is 0. The lowest BCUT2D eigenvalue weighted by Gasteiger charge is -1.95. The Kier molecular flexibility index (Phi) is 15.7. The Balaban J connectivity index is 0. The molecule has 94 valence electrons. The highest BCUT2D eigenvalue weighted by Gasteiger charge is 1.85. The van der Waals surface area contributed by atoms with Crippen LogP contribution in [-0.2, 0) is 6.42 Å². The second kappa shape index (κ2) is 14.2. The van der Waals surface area contributed by atoms with Crippen LogP contribution in [0, 0.1) is 6.92 Å². The molecule has 0 aliphatic rings. The maximum Gasteiger partial charge on any atom is -0.0307 e. The van der Waals surface area contributed by atoms with E-state index in [0.29, 0.717) is 0 Å². The fraction of sp³-hybridized carbons (Fsp3) is 0.625. The third-order valence-electron chi connectivity index (χ3n) is 1.99. The standard InChI is InChI=1S/C9H12.C4H10.C3H8/c1-3-9-6-4-5-8(2)7-9;1-3-4-2;1-3-2/h4-7H,3H2,1-2H3;3-4H2,1-2H3;3H2,1-2H3. The lowest BCUT2D eigenvalue weighted by atomic mass is 10.1. The highest BCUT2D eigenvalue weighted by atomic mass is 13.9. The molecule has 1 aromatic carbocycles. The Hall–Kier alpha value is -0.780. The predicted octanol–water partition coefficient (Wildman–Crippen LogP) is 5.78. The molecule has 1 aromatic rings. The van der Waals surface area contributed by atoms with Gasteiger partial charge in [0.2, 0.25) is 0 Å². The summed E-state index contributed by atoms with van der Waals surface area (Å²) in [5, 5.41) is 0. The summed E-state index contributed by atoms with van der Waals surface area (Å²) in [7, 11) is 0. The van der Waals surface area contributed by atoms with Gasteiger partial charge in [-0.15, -0.1) is 0 Å². The van der Waals surface area contributed by atoms with Gasteiger partial charge in [-0.1, -0.05) is 83.7 Å². The van der Waals surface area contributed by atoms with Gasteiger partial charge in [0, 0.05) is 0 Å². The largest absolute Gasteiger partial charge is 0.0656 e. The summed E-state index contributed by atoms with van der Waals surface area (Å²) in [6, 6.07) is 8.61. The van der Waals surface area contributed by atoms with E-state index in [1.54, 1.807) is 0 Å². The summed E-state index contributed by atoms with van der Waals surface area (Å²) in [6.45, 7) is 12.9. The molecule has 0 bridgehead atoms. The molecule has 0 N–H and O–H groups in total. The van der Waals surface area contributed by atoms with Gasteiger partial charge in [0.05, 0.1) is 0 Å². The fourth-order valence-corrected chi connectivity index (χ4v) is 0.932. The summed E-state index contributed by atoms with van der Waals surface area (Å²) in [5.41, 5.74) is 2.78. The van der Waals surface area contributed by atoms with Gasteiger partial charge in [0.1, 0.15) is 0 Å². The SMILES string of the molecule is CCC.CCCC.CCc1cccc(C)c1. The fourth-order valence-electron chi connectivity index (χ4n) is 0.932. The average molecular weight is 222 g/mol. The average Bonchev–Trinajstić information content (AvgIpc) is 2.30. The molecule has 0 saturated heterocycles. The minimum atomic E-state index is 1.14. The van der Waals surface area contributed by atoms with E-state index in [9.17, 15) is 0 Å². The Labute approximate surface area is 103 Å². The second-order valence-corrected chi connectivity index (χ2v) is 4.05. The van der Waals surface area contributed by atoms with E-state index in [-0.39, 0.29) is 0 Å². The van der Waals surface area contributed by atoms with Crippen molar-refractivity contribution in [2.75, 3.05) is 0 Å². The first-order valence-electron chi connectivity index (χ1n) is 6.71. The molecule has 0 atom stereocenters. The summed E-state index contributed by atoms with van der Waals surface area (Å²) >= 11 is 0. The van der Waals surface area contributed by atoms with Crippen molar-refractivity contribution >= 4 is 0 Å². The first kappa shape index (κ1) is 17.6. The van der Waals surface area contributed by atoms with E-state index >= 15 is 0 Å². The third-order valence-corrected chi connectivity index (χ3v) is 1.99. The summed E-state index contributed by atoms with van der Waals surface area (Å²) in [5.74, 6) is 0. The van der Waals surface area contributed by atoms with Crippen LogP contribution in [0.2, 0.25) is 0 Å². The Bertz CT molecular complexity index is 223. The highest BCUT2D eigenvalue weighted by molar-refractivity contribution is 5.21. The Morgan fingerprint density at radius 1 is 0.875 bits per heavy atom. The lowest BCUT2D eigenvalue weighted by Crippen LogP contribution is -1.78. The quantitative estimate of drug-likeness (QED) is 0.595. The Morgan fingerprint density at radius 3 is 1.62 bits per heavy atom. The number of benzene rings is 1. The minimum Gasteiger partial charge on any atom is -0.0656 e. The van der Waals surface area contributed by atoms with Crippen molar-refractivity contribution in [2.24, 2.45) is 0 Å². The van der Waals surface area contributed by atoms with E-state index in [4.69, 9.17) is 0 Å². The molecule has 0 heterocycles. The normalized spacial score (nSPS) is 8.38. The molecule has 0 amide bonds. The topological polar surface area (TPSA) is 0 Å². The van der Waals surface area contributed by atoms with Crippen LogP contribution < -0.4 is 0 Å². The van der Waals surface area contributed by atoms with Crippen molar-refractivity contribution in [1.82, 2.24) is 0 Å². The van der Waals surface area contributed by atoms with Crippen LogP contribution >= 0.6 is 0 Å². The molecular weight excluding hydrogens is 192 g/mol. The van der Waals surface area contributed by atoms with Gasteiger partial charge in [0.25, 0.3) is 0 Å². The minimum absolute atomic E-state index is 1.14. The Morgan fingerprint density at radius 2 is 1.38 bits per heavy atom. The number of rotatable bonds is 2. The molecule has 16 heavy (non-hydrogen) atoms. The van der Waals surface area contributed by atoms with Gasteiger partial charge in [-0.3, -0.25) is 0 Å². The third kappa shape index (κ3) is 13.2. The van der Waals surface area contributed by atoms with E-state index < -0.39 is 0 Å². The van der Waals surface area contributed by atoms with Gasteiger partial charge in [-0.05, 0) is 18.9 Å². The molecule has 0 saturated carbocycles. The van der Waals surface area contributed by atoms with Gasteiger partial charge < -0.3 is 0 Å². The molecule has 0 radical (unpaired) electrons. The van der Waals surface area contributed by atoms with Crippen molar-refractivity contribution in [1.29, 1.82) is 0 Å². The lowest BCUT2D eigenvalue weighted by molar-refractivity contribution is 0.886. The van der Waals surface area contributed by atoms with E-state index in [1.807, 2.05) is 0 Å². The second-order valence-electron chi connectivity index (χ2n) is 4.05. The van der Waals surface area contributed by atoms with Gasteiger partial charge in [-0.2, -0.15) is 0 Å². The molecule has 0 fully saturated rings. The summed E-state index contributed by atoms with van der Waals surface area (Å²) < 4.78 is 0. The number of unbranched alkanes of at least 4 members (excludes halogenated alkanes) is 1. The molecule has 0 unspecified atom stereocenters. The number of hydrogen-bond acceptors (Lipinski definition) is 0. The molecule has 0 nitrogen and oxygen atoms in total. The molecule has 0 heteroatoms. The monoisotopic (exact) mass is 222 g/mol.